The largest absolute Gasteiger partial charge is 0.329 e. The first-order valence-corrected chi connectivity index (χ1v) is 6.46. The molecule has 3 amide bonds. The van der Waals surface area contributed by atoms with Crippen LogP contribution >= 0.6 is 0 Å². The summed E-state index contributed by atoms with van der Waals surface area (Å²) < 4.78 is 0. The monoisotopic (exact) mass is 261 g/mol. The van der Waals surface area contributed by atoms with Gasteiger partial charge in [-0.3, -0.25) is 4.79 Å². The number of carbonyl (C=O) groups excluding carboxylic acids is 2. The molecule has 3 N–H and O–H groups in total. The molecule has 0 bridgehead atoms. The SMILES string of the molecule is CC(C)CC1NC(=O)N(c2ccc(CN)cc2)C1=O. The number of carbonyl (C=O) groups is 2. The molecule has 0 spiro atoms. The first-order valence-electron chi connectivity index (χ1n) is 6.46. The number of rotatable bonds is 4. The lowest BCUT2D eigenvalue weighted by atomic mass is 10.0. The van der Waals surface area contributed by atoms with Crippen molar-refractivity contribution in [3.8, 4) is 0 Å². The normalized spacial score (nSPS) is 19.2. The number of benzene rings is 1. The minimum Gasteiger partial charge on any atom is -0.326 e. The van der Waals surface area contributed by atoms with E-state index in [1.807, 2.05) is 26.0 Å². The van der Waals surface area contributed by atoms with Gasteiger partial charge in [0.05, 0.1) is 5.69 Å². The van der Waals surface area contributed by atoms with Crippen LogP contribution in [0.3, 0.4) is 0 Å². The fourth-order valence-electron chi connectivity index (χ4n) is 2.19. The van der Waals surface area contributed by atoms with Gasteiger partial charge >= 0.3 is 6.03 Å². The molecule has 1 unspecified atom stereocenters. The van der Waals surface area contributed by atoms with Gasteiger partial charge in [0, 0.05) is 6.54 Å². The first-order chi connectivity index (χ1) is 9.02. The van der Waals surface area contributed by atoms with E-state index in [9.17, 15) is 9.59 Å². The van der Waals surface area contributed by atoms with Gasteiger partial charge in [0.2, 0.25) is 0 Å². The van der Waals surface area contributed by atoms with Crippen LogP contribution in [0.25, 0.3) is 0 Å². The summed E-state index contributed by atoms with van der Waals surface area (Å²) in [4.78, 5) is 25.3. The van der Waals surface area contributed by atoms with Gasteiger partial charge in [0.15, 0.2) is 0 Å². The molecule has 0 radical (unpaired) electrons. The third kappa shape index (κ3) is 2.76. The van der Waals surface area contributed by atoms with E-state index in [1.165, 1.54) is 4.90 Å². The van der Waals surface area contributed by atoms with Crippen molar-refractivity contribution in [2.24, 2.45) is 11.7 Å². The quantitative estimate of drug-likeness (QED) is 0.809. The average molecular weight is 261 g/mol. The topological polar surface area (TPSA) is 75.4 Å². The molecule has 0 aromatic heterocycles. The predicted octanol–water partition coefficient (Wildman–Crippen LogP) is 1.62. The number of nitrogens with zero attached hydrogens (tertiary/aromatic N) is 1. The lowest BCUT2D eigenvalue weighted by molar-refractivity contribution is -0.118. The first kappa shape index (κ1) is 13.5. The van der Waals surface area contributed by atoms with E-state index in [2.05, 4.69) is 5.32 Å². The zero-order chi connectivity index (χ0) is 14.0. The number of hydrogen-bond donors (Lipinski definition) is 2. The van der Waals surface area contributed by atoms with Crippen molar-refractivity contribution in [1.29, 1.82) is 0 Å². The number of nitrogens with one attached hydrogen (secondary N) is 1. The maximum absolute atomic E-state index is 12.2. The number of anilines is 1. The Kier molecular flexibility index (Phi) is 3.85. The van der Waals surface area contributed by atoms with Gasteiger partial charge < -0.3 is 11.1 Å². The minimum atomic E-state index is -0.415. The average Bonchev–Trinajstić information content (AvgIpc) is 2.64. The van der Waals surface area contributed by atoms with E-state index in [-0.39, 0.29) is 11.9 Å². The van der Waals surface area contributed by atoms with Crippen molar-refractivity contribution in [2.75, 3.05) is 4.90 Å². The Labute approximate surface area is 112 Å². The van der Waals surface area contributed by atoms with E-state index < -0.39 is 6.04 Å². The molecule has 19 heavy (non-hydrogen) atoms. The summed E-state index contributed by atoms with van der Waals surface area (Å²) in [6.07, 6.45) is 0.655. The summed E-state index contributed by atoms with van der Waals surface area (Å²) >= 11 is 0. The lowest BCUT2D eigenvalue weighted by Crippen LogP contribution is -2.31. The zero-order valence-electron chi connectivity index (χ0n) is 11.2. The molecule has 5 heteroatoms. The molecule has 1 heterocycles. The highest BCUT2D eigenvalue weighted by molar-refractivity contribution is 6.21. The van der Waals surface area contributed by atoms with Crippen molar-refractivity contribution < 1.29 is 9.59 Å². The third-order valence-electron chi connectivity index (χ3n) is 3.16. The third-order valence-corrected chi connectivity index (χ3v) is 3.16. The van der Waals surface area contributed by atoms with Crippen LogP contribution in [0.15, 0.2) is 24.3 Å². The molecule has 1 fully saturated rings. The minimum absolute atomic E-state index is 0.181. The Morgan fingerprint density at radius 3 is 2.42 bits per heavy atom. The van der Waals surface area contributed by atoms with E-state index in [4.69, 9.17) is 5.73 Å². The standard InChI is InChI=1S/C14H19N3O2/c1-9(2)7-12-13(18)17(14(19)16-12)11-5-3-10(8-15)4-6-11/h3-6,9,12H,7-8,15H2,1-2H3,(H,16,19). The summed E-state index contributed by atoms with van der Waals surface area (Å²) in [5.74, 6) is 0.174. The molecule has 1 aliphatic rings. The van der Waals surface area contributed by atoms with E-state index >= 15 is 0 Å². The zero-order valence-corrected chi connectivity index (χ0v) is 11.2. The second kappa shape index (κ2) is 5.40. The molecular weight excluding hydrogens is 242 g/mol. The van der Waals surface area contributed by atoms with Crippen LogP contribution < -0.4 is 16.0 Å². The van der Waals surface area contributed by atoms with Crippen LogP contribution in [0.1, 0.15) is 25.8 Å². The highest BCUT2D eigenvalue weighted by atomic mass is 16.2. The molecule has 1 atom stereocenters. The molecule has 1 aliphatic heterocycles. The number of amides is 3. The Balaban J connectivity index is 2.19. The highest BCUT2D eigenvalue weighted by Gasteiger charge is 2.38. The van der Waals surface area contributed by atoms with E-state index in [1.54, 1.807) is 12.1 Å². The van der Waals surface area contributed by atoms with Gasteiger partial charge in [-0.15, -0.1) is 0 Å². The summed E-state index contributed by atoms with van der Waals surface area (Å²) in [5, 5.41) is 2.72. The Hall–Kier alpha value is -1.88. The Morgan fingerprint density at radius 2 is 1.89 bits per heavy atom. The second-order valence-corrected chi connectivity index (χ2v) is 5.18. The predicted molar refractivity (Wildman–Crippen MR) is 73.6 cm³/mol. The summed E-state index contributed by atoms with van der Waals surface area (Å²) in [6, 6.07) is 6.38. The van der Waals surface area contributed by atoms with Crippen molar-refractivity contribution in [3.63, 3.8) is 0 Å². The maximum atomic E-state index is 12.2. The molecule has 2 rings (SSSR count). The van der Waals surface area contributed by atoms with Crippen molar-refractivity contribution in [2.45, 2.75) is 32.9 Å². The van der Waals surface area contributed by atoms with Gasteiger partial charge in [0.25, 0.3) is 5.91 Å². The molecule has 102 valence electrons. The van der Waals surface area contributed by atoms with Crippen molar-refractivity contribution in [1.82, 2.24) is 5.32 Å². The Bertz CT molecular complexity index is 482. The fourth-order valence-corrected chi connectivity index (χ4v) is 2.19. The van der Waals surface area contributed by atoms with Gasteiger partial charge in [0.1, 0.15) is 6.04 Å². The summed E-state index contributed by atoms with van der Waals surface area (Å²) in [7, 11) is 0. The molecule has 0 aliphatic carbocycles. The van der Waals surface area contributed by atoms with Gasteiger partial charge in [-0.1, -0.05) is 26.0 Å². The number of urea groups is 1. The lowest BCUT2D eigenvalue weighted by Gasteiger charge is -2.14. The molecule has 5 nitrogen and oxygen atoms in total. The maximum Gasteiger partial charge on any atom is 0.329 e. The molecular formula is C14H19N3O2. The smallest absolute Gasteiger partial charge is 0.326 e. The van der Waals surface area contributed by atoms with E-state index in [0.717, 1.165) is 5.56 Å². The van der Waals surface area contributed by atoms with Crippen LogP contribution in [0.2, 0.25) is 0 Å². The van der Waals surface area contributed by atoms with Gasteiger partial charge in [-0.05, 0) is 30.0 Å². The van der Waals surface area contributed by atoms with Crippen LogP contribution in [0.4, 0.5) is 10.5 Å². The summed E-state index contributed by atoms with van der Waals surface area (Å²) in [6.45, 7) is 4.49. The Morgan fingerprint density at radius 1 is 1.26 bits per heavy atom. The van der Waals surface area contributed by atoms with Gasteiger partial charge in [-0.2, -0.15) is 0 Å². The van der Waals surface area contributed by atoms with Crippen molar-refractivity contribution in [3.05, 3.63) is 29.8 Å². The number of nitrogens with two attached hydrogens (primary N) is 1. The van der Waals surface area contributed by atoms with Gasteiger partial charge in [-0.25, -0.2) is 9.69 Å². The molecule has 0 saturated carbocycles. The van der Waals surface area contributed by atoms with Crippen LogP contribution in [-0.4, -0.2) is 18.0 Å². The molecule has 1 saturated heterocycles. The molecule has 1 aromatic rings. The molecule has 1 aromatic carbocycles. The van der Waals surface area contributed by atoms with Crippen molar-refractivity contribution >= 4 is 17.6 Å². The summed E-state index contributed by atoms with van der Waals surface area (Å²) in [5.41, 5.74) is 7.08. The number of imide groups is 1. The van der Waals surface area contributed by atoms with Crippen LogP contribution in [-0.2, 0) is 11.3 Å². The fraction of sp³-hybridized carbons (Fsp3) is 0.429. The number of hydrogen-bond acceptors (Lipinski definition) is 3. The second-order valence-electron chi connectivity index (χ2n) is 5.18. The highest BCUT2D eigenvalue weighted by Crippen LogP contribution is 2.22. The van der Waals surface area contributed by atoms with Crippen LogP contribution in [0, 0.1) is 5.92 Å². The van der Waals surface area contributed by atoms with E-state index in [0.29, 0.717) is 24.6 Å². The van der Waals surface area contributed by atoms with Crippen LogP contribution in [0.5, 0.6) is 0 Å².